The number of rotatable bonds is 3. The summed E-state index contributed by atoms with van der Waals surface area (Å²) in [7, 11) is 0. The highest BCUT2D eigenvalue weighted by Crippen LogP contribution is 2.34. The zero-order chi connectivity index (χ0) is 15.6. The van der Waals surface area contributed by atoms with Crippen LogP contribution in [0.3, 0.4) is 0 Å². The van der Waals surface area contributed by atoms with Crippen LogP contribution in [-0.2, 0) is 12.0 Å². The lowest BCUT2D eigenvalue weighted by molar-refractivity contribution is 0.537. The van der Waals surface area contributed by atoms with Crippen LogP contribution in [0.15, 0.2) is 46.2 Å². The molecule has 4 heteroatoms. The maximum atomic E-state index is 13.9. The van der Waals surface area contributed by atoms with E-state index >= 15 is 0 Å². The van der Waals surface area contributed by atoms with Crippen LogP contribution in [0.25, 0.3) is 0 Å². The molecule has 0 atom stereocenters. The van der Waals surface area contributed by atoms with Crippen molar-refractivity contribution in [2.75, 3.05) is 0 Å². The van der Waals surface area contributed by atoms with Gasteiger partial charge in [0.05, 0.1) is 4.90 Å². The fourth-order valence-electron chi connectivity index (χ4n) is 1.97. The van der Waals surface area contributed by atoms with E-state index in [9.17, 15) is 8.78 Å². The summed E-state index contributed by atoms with van der Waals surface area (Å²) in [5.41, 5.74) is 7.11. The molecule has 1 nitrogen and oxygen atoms in total. The van der Waals surface area contributed by atoms with Crippen LogP contribution in [0.1, 0.15) is 31.9 Å². The SMILES string of the molecule is CC(C)(C)c1ccc(Sc2c(F)cc(CN)cc2F)cc1. The van der Waals surface area contributed by atoms with Gasteiger partial charge in [0.15, 0.2) is 0 Å². The lowest BCUT2D eigenvalue weighted by atomic mass is 9.87. The smallest absolute Gasteiger partial charge is 0.140 e. The molecular weight excluding hydrogens is 288 g/mol. The number of nitrogens with two attached hydrogens (primary N) is 1. The molecule has 21 heavy (non-hydrogen) atoms. The second-order valence-electron chi connectivity index (χ2n) is 5.97. The van der Waals surface area contributed by atoms with E-state index in [4.69, 9.17) is 5.73 Å². The van der Waals surface area contributed by atoms with Gasteiger partial charge in [-0.25, -0.2) is 8.78 Å². The Morgan fingerprint density at radius 2 is 1.52 bits per heavy atom. The molecule has 2 aromatic rings. The van der Waals surface area contributed by atoms with Crippen molar-refractivity contribution in [3.05, 3.63) is 59.2 Å². The standard InChI is InChI=1S/C17H19F2NS/c1-17(2,3)12-4-6-13(7-5-12)21-16-14(18)8-11(10-20)9-15(16)19/h4-9H,10,20H2,1-3H3. The average molecular weight is 307 g/mol. The molecule has 0 radical (unpaired) electrons. The highest BCUT2D eigenvalue weighted by molar-refractivity contribution is 7.99. The summed E-state index contributed by atoms with van der Waals surface area (Å²) >= 11 is 1.09. The summed E-state index contributed by atoms with van der Waals surface area (Å²) in [5.74, 6) is -1.14. The van der Waals surface area contributed by atoms with Crippen molar-refractivity contribution in [3.63, 3.8) is 0 Å². The second kappa shape index (κ2) is 6.16. The Labute approximate surface area is 128 Å². The van der Waals surface area contributed by atoms with Crippen LogP contribution in [0.5, 0.6) is 0 Å². The molecule has 0 aliphatic carbocycles. The topological polar surface area (TPSA) is 26.0 Å². The normalized spacial score (nSPS) is 11.7. The number of hydrogen-bond acceptors (Lipinski definition) is 2. The van der Waals surface area contributed by atoms with E-state index in [1.54, 1.807) is 0 Å². The summed E-state index contributed by atoms with van der Waals surface area (Å²) in [6.45, 7) is 6.50. The minimum atomic E-state index is -0.569. The van der Waals surface area contributed by atoms with Crippen LogP contribution in [0, 0.1) is 11.6 Å². The Morgan fingerprint density at radius 3 is 1.95 bits per heavy atom. The van der Waals surface area contributed by atoms with Gasteiger partial charge in [-0.1, -0.05) is 44.7 Å². The molecule has 0 saturated heterocycles. The van der Waals surface area contributed by atoms with Gasteiger partial charge in [-0.3, -0.25) is 0 Å². The van der Waals surface area contributed by atoms with E-state index in [0.717, 1.165) is 16.7 Å². The first-order valence-corrected chi connectivity index (χ1v) is 7.59. The molecular formula is C17H19F2NS. The molecule has 0 spiro atoms. The van der Waals surface area contributed by atoms with Crippen molar-refractivity contribution in [1.29, 1.82) is 0 Å². The molecule has 112 valence electrons. The molecule has 0 unspecified atom stereocenters. The van der Waals surface area contributed by atoms with Crippen LogP contribution in [0.4, 0.5) is 8.78 Å². The van der Waals surface area contributed by atoms with Gasteiger partial charge in [-0.05, 0) is 40.8 Å². The van der Waals surface area contributed by atoms with Crippen molar-refractivity contribution in [3.8, 4) is 0 Å². The van der Waals surface area contributed by atoms with Crippen LogP contribution < -0.4 is 5.73 Å². The van der Waals surface area contributed by atoms with Crippen molar-refractivity contribution in [2.24, 2.45) is 5.73 Å². The van der Waals surface area contributed by atoms with Crippen molar-refractivity contribution in [2.45, 2.75) is 42.5 Å². The predicted octanol–water partition coefficient (Wildman–Crippen LogP) is 4.87. The summed E-state index contributed by atoms with van der Waals surface area (Å²) in [6, 6.07) is 10.3. The minimum absolute atomic E-state index is 0.00992. The molecule has 2 rings (SSSR count). The third kappa shape index (κ3) is 3.83. The molecule has 0 aliphatic rings. The molecule has 0 saturated carbocycles. The molecule has 2 N–H and O–H groups in total. The summed E-state index contributed by atoms with van der Waals surface area (Å²) < 4.78 is 27.9. The maximum Gasteiger partial charge on any atom is 0.140 e. The number of halogens is 2. The monoisotopic (exact) mass is 307 g/mol. The zero-order valence-corrected chi connectivity index (χ0v) is 13.2. The Morgan fingerprint density at radius 1 is 1.00 bits per heavy atom. The molecule has 0 aliphatic heterocycles. The van der Waals surface area contributed by atoms with E-state index in [0.29, 0.717) is 5.56 Å². The third-order valence-electron chi connectivity index (χ3n) is 3.23. The third-order valence-corrected chi connectivity index (χ3v) is 4.34. The summed E-state index contributed by atoms with van der Waals surface area (Å²) in [6.07, 6.45) is 0. The lowest BCUT2D eigenvalue weighted by Crippen LogP contribution is -2.10. The summed E-state index contributed by atoms with van der Waals surface area (Å²) in [4.78, 5) is 0.817. The first-order chi connectivity index (χ1) is 9.81. The first-order valence-electron chi connectivity index (χ1n) is 6.77. The Bertz CT molecular complexity index is 607. The van der Waals surface area contributed by atoms with Gasteiger partial charge in [0.25, 0.3) is 0 Å². The minimum Gasteiger partial charge on any atom is -0.326 e. The van der Waals surface area contributed by atoms with E-state index in [1.807, 2.05) is 24.3 Å². The average Bonchev–Trinajstić information content (AvgIpc) is 2.42. The molecule has 0 aromatic heterocycles. The highest BCUT2D eigenvalue weighted by atomic mass is 32.2. The predicted molar refractivity (Wildman–Crippen MR) is 83.5 cm³/mol. The van der Waals surface area contributed by atoms with E-state index in [1.165, 1.54) is 17.7 Å². The van der Waals surface area contributed by atoms with Crippen molar-refractivity contribution in [1.82, 2.24) is 0 Å². The van der Waals surface area contributed by atoms with Crippen LogP contribution in [-0.4, -0.2) is 0 Å². The van der Waals surface area contributed by atoms with E-state index in [-0.39, 0.29) is 16.9 Å². The van der Waals surface area contributed by atoms with E-state index < -0.39 is 11.6 Å². The molecule has 0 bridgehead atoms. The fraction of sp³-hybridized carbons (Fsp3) is 0.294. The van der Waals surface area contributed by atoms with Gasteiger partial charge in [0, 0.05) is 11.4 Å². The molecule has 0 amide bonds. The van der Waals surface area contributed by atoms with Gasteiger partial charge in [0.2, 0.25) is 0 Å². The van der Waals surface area contributed by atoms with Gasteiger partial charge >= 0.3 is 0 Å². The Kier molecular flexibility index (Phi) is 4.69. The van der Waals surface area contributed by atoms with Gasteiger partial charge in [0.1, 0.15) is 11.6 Å². The van der Waals surface area contributed by atoms with Crippen molar-refractivity contribution < 1.29 is 8.78 Å². The summed E-state index contributed by atoms with van der Waals surface area (Å²) in [5, 5.41) is 0. The van der Waals surface area contributed by atoms with Crippen molar-refractivity contribution >= 4 is 11.8 Å². The van der Waals surface area contributed by atoms with Crippen LogP contribution in [0.2, 0.25) is 0 Å². The Hall–Kier alpha value is -1.39. The zero-order valence-electron chi connectivity index (χ0n) is 12.4. The Balaban J connectivity index is 2.26. The largest absolute Gasteiger partial charge is 0.326 e. The van der Waals surface area contributed by atoms with Gasteiger partial charge in [-0.15, -0.1) is 0 Å². The van der Waals surface area contributed by atoms with Crippen LogP contribution >= 0.6 is 11.8 Å². The molecule has 0 fully saturated rings. The quantitative estimate of drug-likeness (QED) is 0.875. The van der Waals surface area contributed by atoms with Gasteiger partial charge in [-0.2, -0.15) is 0 Å². The first kappa shape index (κ1) is 16.0. The number of benzene rings is 2. The van der Waals surface area contributed by atoms with Gasteiger partial charge < -0.3 is 5.73 Å². The molecule has 0 heterocycles. The second-order valence-corrected chi connectivity index (χ2v) is 7.05. The fourth-order valence-corrected chi connectivity index (χ4v) is 2.79. The number of hydrogen-bond donors (Lipinski definition) is 1. The highest BCUT2D eigenvalue weighted by Gasteiger charge is 2.15. The maximum absolute atomic E-state index is 13.9. The lowest BCUT2D eigenvalue weighted by Gasteiger charge is -2.19. The molecule has 2 aromatic carbocycles. The van der Waals surface area contributed by atoms with E-state index in [2.05, 4.69) is 20.8 Å².